The number of ketones is 2. The quantitative estimate of drug-likeness (QED) is 0.0352. The first-order chi connectivity index (χ1) is 29.7. The predicted molar refractivity (Wildman–Crippen MR) is 212 cm³/mol. The number of Topliss-reactive ketones (excluding diaryl/α,β-unsaturated/α-hetero) is 1. The molecule has 0 saturated heterocycles. The largest absolute Gasteiger partial charge is 0.514 e. The third kappa shape index (κ3) is 9.97. The fourth-order valence-corrected chi connectivity index (χ4v) is 10.2. The fourth-order valence-electron chi connectivity index (χ4n) is 10.2. The number of carbonyl (C=O) groups excluding carboxylic acids is 6. The average Bonchev–Trinajstić information content (AvgIpc) is 3.42. The van der Waals surface area contributed by atoms with Gasteiger partial charge in [-0.15, -0.1) is 20.2 Å². The number of unbranched alkanes of at least 4 members (excludes halogenated alkanes) is 1. The van der Waals surface area contributed by atoms with Crippen molar-refractivity contribution < 1.29 is 77.1 Å². The summed E-state index contributed by atoms with van der Waals surface area (Å²) >= 11 is 0. The van der Waals surface area contributed by atoms with Gasteiger partial charge in [0, 0.05) is 48.9 Å². The zero-order chi connectivity index (χ0) is 46.3. The van der Waals surface area contributed by atoms with E-state index in [1.54, 1.807) is 20.8 Å². The van der Waals surface area contributed by atoms with E-state index in [1.807, 2.05) is 6.08 Å². The number of hydrogen-bond donors (Lipinski definition) is 2. The van der Waals surface area contributed by atoms with Gasteiger partial charge in [-0.3, -0.25) is 19.2 Å². The number of carbonyl (C=O) groups is 6. The number of hydrogen-bond acceptors (Lipinski definition) is 17. The molecule has 2 unspecified atom stereocenters. The molecule has 21 heteroatoms. The van der Waals surface area contributed by atoms with Gasteiger partial charge in [0.2, 0.25) is 11.7 Å². The first kappa shape index (κ1) is 48.0. The number of nitrogens with zero attached hydrogens (tertiary/aromatic N) is 2. The number of amides is 1. The lowest BCUT2D eigenvalue weighted by molar-refractivity contribution is -0.757. The van der Waals surface area contributed by atoms with Crippen LogP contribution >= 0.6 is 0 Å². The van der Waals surface area contributed by atoms with E-state index in [2.05, 4.69) is 15.0 Å². The van der Waals surface area contributed by atoms with Gasteiger partial charge < -0.3 is 39.0 Å². The van der Waals surface area contributed by atoms with Crippen molar-refractivity contribution in [3.05, 3.63) is 73.9 Å². The van der Waals surface area contributed by atoms with E-state index >= 15 is 4.39 Å². The Balaban J connectivity index is 1.29. The summed E-state index contributed by atoms with van der Waals surface area (Å²) in [6.45, 7) is 4.51. The monoisotopic (exact) mass is 889 g/mol. The van der Waals surface area contributed by atoms with Gasteiger partial charge in [-0.2, -0.15) is 0 Å². The number of benzene rings is 1. The van der Waals surface area contributed by atoms with Crippen LogP contribution in [0.25, 0.3) is 0 Å². The Hall–Kier alpha value is -5.99. The van der Waals surface area contributed by atoms with Crippen LogP contribution in [-0.4, -0.2) is 101 Å². The molecule has 0 bridgehead atoms. The van der Waals surface area contributed by atoms with E-state index < -0.39 is 112 Å². The Bertz CT molecular complexity index is 2030. The summed E-state index contributed by atoms with van der Waals surface area (Å²) < 4.78 is 39.7. The average molecular weight is 890 g/mol. The fraction of sp³-hybridized carbons (Fsp3) is 0.619. The van der Waals surface area contributed by atoms with E-state index in [9.17, 15) is 54.1 Å². The highest BCUT2D eigenvalue weighted by molar-refractivity contribution is 5.94. The molecule has 20 nitrogen and oxygen atoms in total. The second kappa shape index (κ2) is 19.6. The first-order valence-electron chi connectivity index (χ1n) is 20.6. The minimum atomic E-state index is -2.26. The summed E-state index contributed by atoms with van der Waals surface area (Å²) in [4.78, 5) is 107. The van der Waals surface area contributed by atoms with Gasteiger partial charge in [-0.1, -0.05) is 43.7 Å². The molecule has 9 atom stereocenters. The van der Waals surface area contributed by atoms with Crippen molar-refractivity contribution in [3.63, 3.8) is 0 Å². The number of alkyl halides is 1. The molecule has 4 aliphatic rings. The molecule has 0 spiro atoms. The maximum atomic E-state index is 17.9. The van der Waals surface area contributed by atoms with Crippen molar-refractivity contribution in [2.24, 2.45) is 28.6 Å². The van der Waals surface area contributed by atoms with Crippen LogP contribution in [0.2, 0.25) is 0 Å². The molecular weight excluding hydrogens is 837 g/mol. The third-order valence-electron chi connectivity index (χ3n) is 13.1. The van der Waals surface area contributed by atoms with E-state index in [-0.39, 0.29) is 76.1 Å². The Morgan fingerprint density at radius 1 is 0.968 bits per heavy atom. The summed E-state index contributed by atoms with van der Waals surface area (Å²) in [5.74, 6) is -5.59. The smallest absolute Gasteiger partial charge is 0.464 e. The molecule has 0 aliphatic heterocycles. The van der Waals surface area contributed by atoms with Gasteiger partial charge in [0.05, 0.1) is 25.9 Å². The zero-order valence-electron chi connectivity index (χ0n) is 35.4. The van der Waals surface area contributed by atoms with Crippen molar-refractivity contribution in [2.45, 2.75) is 109 Å². The molecule has 2 saturated carbocycles. The van der Waals surface area contributed by atoms with E-state index in [0.717, 1.165) is 0 Å². The van der Waals surface area contributed by atoms with E-state index in [1.165, 1.54) is 43.3 Å². The maximum Gasteiger partial charge on any atom is 0.514 e. The Labute approximate surface area is 361 Å². The summed E-state index contributed by atoms with van der Waals surface area (Å²) in [6, 6.07) is 4.65. The molecule has 2 fully saturated rings. The van der Waals surface area contributed by atoms with Gasteiger partial charge in [-0.05, 0) is 75.1 Å². The Morgan fingerprint density at radius 3 is 2.27 bits per heavy atom. The number of aliphatic hydroxyl groups excluding tert-OH is 1. The lowest BCUT2D eigenvalue weighted by Gasteiger charge is -2.62. The van der Waals surface area contributed by atoms with E-state index in [0.29, 0.717) is 11.1 Å². The second-order valence-electron chi connectivity index (χ2n) is 16.9. The van der Waals surface area contributed by atoms with Crippen LogP contribution in [0.3, 0.4) is 0 Å². The van der Waals surface area contributed by atoms with Gasteiger partial charge in [-0.25, -0.2) is 14.0 Å². The number of esters is 2. The van der Waals surface area contributed by atoms with Crippen LogP contribution in [0.4, 0.5) is 9.18 Å². The Kier molecular flexibility index (Phi) is 14.9. The molecule has 1 aromatic carbocycles. The molecule has 2 N–H and O–H groups in total. The van der Waals surface area contributed by atoms with Gasteiger partial charge in [0.15, 0.2) is 23.7 Å². The van der Waals surface area contributed by atoms with Crippen molar-refractivity contribution >= 4 is 35.6 Å². The van der Waals surface area contributed by atoms with E-state index in [4.69, 9.17) is 18.9 Å². The van der Waals surface area contributed by atoms with Gasteiger partial charge in [0.1, 0.15) is 11.8 Å². The highest BCUT2D eigenvalue weighted by Crippen LogP contribution is 2.71. The van der Waals surface area contributed by atoms with Crippen molar-refractivity contribution in [1.82, 2.24) is 5.32 Å². The molecule has 5 rings (SSSR count). The minimum absolute atomic E-state index is 0.0000822. The highest BCUT2D eigenvalue weighted by atomic mass is 19.1. The first-order valence-corrected chi connectivity index (χ1v) is 20.6. The molecule has 4 aliphatic carbocycles. The standard InChI is InChI=1S/C42H52FN3O17/c1-25-20-32-31-14-11-28-22-29(48)15-16-39(28,3)41(31,43)34(49)23-40(32,4)42(25,63-36(51)8-7-19-61-46(56)57)35(50)24-59-38(53)62-30-12-9-27(10-13-30)21-33(44-26(2)47)37(52)58-17-5-6-18-60-45(54)55/h9-13,15-16,25,31-34,49H,5-8,14,17-24H2,1-4H3,(H,44,47)/t25-,31?,32?,33-,34-,39-,40-,41-,42-/m0/s1. The van der Waals surface area contributed by atoms with Crippen LogP contribution in [0.5, 0.6) is 5.75 Å². The summed E-state index contributed by atoms with van der Waals surface area (Å²) in [7, 11) is 0. The minimum Gasteiger partial charge on any atom is -0.464 e. The van der Waals surface area contributed by atoms with Crippen molar-refractivity contribution in [1.29, 1.82) is 0 Å². The number of aliphatic hydroxyl groups is 1. The molecule has 1 amide bonds. The normalized spacial score (nSPS) is 29.6. The second-order valence-corrected chi connectivity index (χ2v) is 16.9. The number of allylic oxidation sites excluding steroid dienone is 4. The van der Waals surface area contributed by atoms with Crippen molar-refractivity contribution in [2.75, 3.05) is 26.4 Å². The highest BCUT2D eigenvalue weighted by Gasteiger charge is 2.77. The molecule has 1 aromatic rings. The molecule has 344 valence electrons. The molecule has 0 radical (unpaired) electrons. The lowest BCUT2D eigenvalue weighted by atomic mass is 9.45. The third-order valence-corrected chi connectivity index (χ3v) is 13.1. The summed E-state index contributed by atoms with van der Waals surface area (Å²) in [5, 5.41) is 33.4. The number of ether oxygens (including phenoxy) is 4. The lowest BCUT2D eigenvalue weighted by Crippen LogP contribution is -2.69. The number of fused-ring (bicyclic) bond motifs is 5. The molecule has 63 heavy (non-hydrogen) atoms. The Morgan fingerprint density at radius 2 is 1.62 bits per heavy atom. The summed E-state index contributed by atoms with van der Waals surface area (Å²) in [5.41, 5.74) is -6.00. The van der Waals surface area contributed by atoms with Crippen LogP contribution in [-0.2, 0) is 54.3 Å². The number of nitrogens with one attached hydrogen (secondary N) is 1. The summed E-state index contributed by atoms with van der Waals surface area (Å²) in [6.07, 6.45) is 1.55. The number of rotatable bonds is 20. The molecule has 0 heterocycles. The zero-order valence-corrected chi connectivity index (χ0v) is 35.4. The molecule has 0 aromatic heterocycles. The number of halogens is 1. The van der Waals surface area contributed by atoms with Crippen LogP contribution in [0.15, 0.2) is 48.1 Å². The van der Waals surface area contributed by atoms with Gasteiger partial charge in [0.25, 0.3) is 10.2 Å². The molecular formula is C42H52FN3O17. The van der Waals surface area contributed by atoms with Crippen LogP contribution < -0.4 is 10.1 Å². The van der Waals surface area contributed by atoms with Crippen LogP contribution in [0.1, 0.15) is 84.6 Å². The topological polar surface area (TPSA) is 276 Å². The van der Waals surface area contributed by atoms with Crippen LogP contribution in [0, 0.1) is 48.8 Å². The van der Waals surface area contributed by atoms with Gasteiger partial charge >= 0.3 is 18.1 Å². The predicted octanol–water partition coefficient (Wildman–Crippen LogP) is 4.24. The van der Waals surface area contributed by atoms with Crippen molar-refractivity contribution in [3.8, 4) is 5.75 Å². The SMILES string of the molecule is CC(=O)N[C@@H](Cc1ccc(OC(=O)OCC(=O)[C@@]2(OC(=O)CCCO[N+](=O)[O-])[C@@H](C)CC3C4CC=C5CC(=O)C=C[C@]5(C)[C@@]4(F)[C@@H](O)C[C@@]32C)cc1)C(=O)OCCCCO[N+](=O)[O-]. The maximum absolute atomic E-state index is 17.9.